The fourth-order valence-electron chi connectivity index (χ4n) is 1.39. The number of methoxy groups -OCH3 is 1. The summed E-state index contributed by atoms with van der Waals surface area (Å²) in [5.41, 5.74) is 6.09. The van der Waals surface area contributed by atoms with Gasteiger partial charge in [0.05, 0.1) is 17.3 Å². The quantitative estimate of drug-likeness (QED) is 0.849. The van der Waals surface area contributed by atoms with Crippen molar-refractivity contribution in [2.45, 2.75) is 0 Å². The van der Waals surface area contributed by atoms with E-state index in [0.29, 0.717) is 18.1 Å². The molecule has 0 atom stereocenters. The van der Waals surface area contributed by atoms with Gasteiger partial charge in [0.2, 0.25) is 0 Å². The summed E-state index contributed by atoms with van der Waals surface area (Å²) in [6.45, 7) is 0.878. The molecule has 0 spiro atoms. The van der Waals surface area contributed by atoms with Crippen molar-refractivity contribution in [3.05, 3.63) is 23.2 Å². The van der Waals surface area contributed by atoms with Crippen LogP contribution in [0, 0.1) is 0 Å². The van der Waals surface area contributed by atoms with Gasteiger partial charge in [0.25, 0.3) is 5.91 Å². The number of carbonyl (C=O) groups is 1. The number of hydrogen-bond acceptors (Lipinski definition) is 5. The van der Waals surface area contributed by atoms with Gasteiger partial charge in [0.1, 0.15) is 5.75 Å². The smallest absolute Gasteiger partial charge is 0.280 e. The highest BCUT2D eigenvalue weighted by atomic mass is 32.1. The molecule has 0 aliphatic heterocycles. The van der Waals surface area contributed by atoms with Crippen molar-refractivity contribution in [3.8, 4) is 5.75 Å². The number of aromatic nitrogens is 1. The van der Waals surface area contributed by atoms with Gasteiger partial charge in [-0.25, -0.2) is 4.98 Å². The normalized spacial score (nSPS) is 10.5. The first kappa shape index (κ1) is 11.8. The Balaban J connectivity index is 2.28. The largest absolute Gasteiger partial charge is 0.497 e. The molecule has 6 heteroatoms. The maximum atomic E-state index is 11.7. The van der Waals surface area contributed by atoms with Crippen LogP contribution in [0.25, 0.3) is 10.2 Å². The van der Waals surface area contributed by atoms with E-state index in [-0.39, 0.29) is 5.91 Å². The molecule has 1 aromatic carbocycles. The summed E-state index contributed by atoms with van der Waals surface area (Å²) in [7, 11) is 1.60. The van der Waals surface area contributed by atoms with E-state index in [1.165, 1.54) is 11.3 Å². The number of benzene rings is 1. The van der Waals surface area contributed by atoms with Gasteiger partial charge in [-0.2, -0.15) is 0 Å². The summed E-state index contributed by atoms with van der Waals surface area (Å²) >= 11 is 1.36. The van der Waals surface area contributed by atoms with E-state index in [0.717, 1.165) is 16.0 Å². The number of ether oxygens (including phenoxy) is 1. The van der Waals surface area contributed by atoms with E-state index in [9.17, 15) is 4.79 Å². The minimum atomic E-state index is -0.185. The third-order valence-electron chi connectivity index (χ3n) is 2.22. The predicted molar refractivity (Wildman–Crippen MR) is 67.6 cm³/mol. The number of carbonyl (C=O) groups excluding carboxylic acids is 1. The highest BCUT2D eigenvalue weighted by molar-refractivity contribution is 7.20. The van der Waals surface area contributed by atoms with Gasteiger partial charge in [0, 0.05) is 19.2 Å². The standard InChI is InChI=1S/C11H13N3O2S/c1-16-7-2-3-9-8(6-7)14-11(17-9)10(15)13-5-4-12/h2-3,6H,4-5,12H2,1H3,(H,13,15). The van der Waals surface area contributed by atoms with Crippen molar-refractivity contribution in [2.24, 2.45) is 5.73 Å². The summed E-state index contributed by atoms with van der Waals surface area (Å²) in [5, 5.41) is 3.14. The molecule has 2 aromatic rings. The topological polar surface area (TPSA) is 77.2 Å². The second-order valence-electron chi connectivity index (χ2n) is 3.40. The SMILES string of the molecule is COc1ccc2sc(C(=O)NCCN)nc2c1. The molecular formula is C11H13N3O2S. The van der Waals surface area contributed by atoms with Crippen LogP contribution < -0.4 is 15.8 Å². The minimum Gasteiger partial charge on any atom is -0.497 e. The van der Waals surface area contributed by atoms with E-state index in [1.807, 2.05) is 18.2 Å². The lowest BCUT2D eigenvalue weighted by Crippen LogP contribution is -2.28. The Morgan fingerprint density at radius 2 is 2.41 bits per heavy atom. The van der Waals surface area contributed by atoms with E-state index in [1.54, 1.807) is 7.11 Å². The minimum absolute atomic E-state index is 0.185. The predicted octanol–water partition coefficient (Wildman–Crippen LogP) is 0.993. The molecule has 0 fully saturated rings. The van der Waals surface area contributed by atoms with E-state index in [2.05, 4.69) is 10.3 Å². The van der Waals surface area contributed by atoms with Gasteiger partial charge < -0.3 is 15.8 Å². The molecule has 0 aliphatic rings. The Bertz CT molecular complexity index is 538. The van der Waals surface area contributed by atoms with Crippen LogP contribution in [0.15, 0.2) is 18.2 Å². The third kappa shape index (κ3) is 2.54. The van der Waals surface area contributed by atoms with Crippen LogP contribution in [0.2, 0.25) is 0 Å². The molecule has 2 rings (SSSR count). The highest BCUT2D eigenvalue weighted by Gasteiger charge is 2.11. The van der Waals surface area contributed by atoms with Crippen LogP contribution in [-0.4, -0.2) is 31.1 Å². The maximum Gasteiger partial charge on any atom is 0.280 e. The van der Waals surface area contributed by atoms with E-state index >= 15 is 0 Å². The molecule has 0 saturated heterocycles. The monoisotopic (exact) mass is 251 g/mol. The van der Waals surface area contributed by atoms with Crippen LogP contribution in [0.4, 0.5) is 0 Å². The number of nitrogens with two attached hydrogens (primary N) is 1. The van der Waals surface area contributed by atoms with Crippen molar-refractivity contribution in [2.75, 3.05) is 20.2 Å². The van der Waals surface area contributed by atoms with Gasteiger partial charge in [0.15, 0.2) is 5.01 Å². The Labute approximate surface area is 103 Å². The third-order valence-corrected chi connectivity index (χ3v) is 3.25. The Morgan fingerprint density at radius 1 is 1.59 bits per heavy atom. The zero-order chi connectivity index (χ0) is 12.3. The number of fused-ring (bicyclic) bond motifs is 1. The van der Waals surface area contributed by atoms with Crippen LogP contribution in [0.1, 0.15) is 9.80 Å². The van der Waals surface area contributed by atoms with Crippen molar-refractivity contribution in [1.82, 2.24) is 10.3 Å². The number of nitrogens with zero attached hydrogens (tertiary/aromatic N) is 1. The zero-order valence-electron chi connectivity index (χ0n) is 9.40. The van der Waals surface area contributed by atoms with Gasteiger partial charge in [-0.3, -0.25) is 4.79 Å². The molecule has 1 heterocycles. The summed E-state index contributed by atoms with van der Waals surface area (Å²) in [5.74, 6) is 0.548. The zero-order valence-corrected chi connectivity index (χ0v) is 10.2. The lowest BCUT2D eigenvalue weighted by Gasteiger charge is -1.98. The number of nitrogens with one attached hydrogen (secondary N) is 1. The molecule has 0 bridgehead atoms. The van der Waals surface area contributed by atoms with Crippen molar-refractivity contribution in [1.29, 1.82) is 0 Å². The van der Waals surface area contributed by atoms with E-state index < -0.39 is 0 Å². The molecule has 90 valence electrons. The van der Waals surface area contributed by atoms with Gasteiger partial charge >= 0.3 is 0 Å². The number of hydrogen-bond donors (Lipinski definition) is 2. The molecule has 1 aromatic heterocycles. The van der Waals surface area contributed by atoms with Crippen LogP contribution in [0.3, 0.4) is 0 Å². The fraction of sp³-hybridized carbons (Fsp3) is 0.273. The van der Waals surface area contributed by atoms with Crippen LogP contribution >= 0.6 is 11.3 Å². The molecule has 1 amide bonds. The summed E-state index contributed by atoms with van der Waals surface area (Å²) in [6, 6.07) is 5.55. The Morgan fingerprint density at radius 3 is 3.12 bits per heavy atom. The van der Waals surface area contributed by atoms with Gasteiger partial charge in [-0.15, -0.1) is 11.3 Å². The molecule has 5 nitrogen and oxygen atoms in total. The number of thiazole rings is 1. The average Bonchev–Trinajstić information content (AvgIpc) is 2.78. The average molecular weight is 251 g/mol. The Kier molecular flexibility index (Phi) is 3.55. The van der Waals surface area contributed by atoms with Crippen molar-refractivity contribution >= 4 is 27.5 Å². The van der Waals surface area contributed by atoms with Gasteiger partial charge in [-0.05, 0) is 12.1 Å². The molecule has 3 N–H and O–H groups in total. The van der Waals surface area contributed by atoms with E-state index in [4.69, 9.17) is 10.5 Å². The molecule has 17 heavy (non-hydrogen) atoms. The molecule has 0 radical (unpaired) electrons. The first-order valence-corrected chi connectivity index (χ1v) is 5.99. The van der Waals surface area contributed by atoms with Gasteiger partial charge in [-0.1, -0.05) is 0 Å². The molecular weight excluding hydrogens is 238 g/mol. The lowest BCUT2D eigenvalue weighted by atomic mass is 10.3. The fourth-order valence-corrected chi connectivity index (χ4v) is 2.26. The second-order valence-corrected chi connectivity index (χ2v) is 4.43. The van der Waals surface area contributed by atoms with Crippen LogP contribution in [-0.2, 0) is 0 Å². The highest BCUT2D eigenvalue weighted by Crippen LogP contribution is 2.25. The first-order chi connectivity index (χ1) is 8.24. The number of rotatable bonds is 4. The van der Waals surface area contributed by atoms with Crippen molar-refractivity contribution in [3.63, 3.8) is 0 Å². The second kappa shape index (κ2) is 5.11. The summed E-state index contributed by atoms with van der Waals surface area (Å²) in [6.07, 6.45) is 0. The molecule has 0 aliphatic carbocycles. The van der Waals surface area contributed by atoms with Crippen molar-refractivity contribution < 1.29 is 9.53 Å². The molecule has 0 saturated carbocycles. The summed E-state index contributed by atoms with van der Waals surface area (Å²) < 4.78 is 6.07. The van der Waals surface area contributed by atoms with Crippen LogP contribution in [0.5, 0.6) is 5.75 Å². The molecule has 0 unspecified atom stereocenters. The maximum absolute atomic E-state index is 11.7. The first-order valence-electron chi connectivity index (χ1n) is 5.17. The summed E-state index contributed by atoms with van der Waals surface area (Å²) in [4.78, 5) is 15.9. The Hall–Kier alpha value is -1.66. The lowest BCUT2D eigenvalue weighted by molar-refractivity contribution is 0.0954. The number of amides is 1.